The predicted octanol–water partition coefficient (Wildman–Crippen LogP) is 5.94. The number of benzene rings is 3. The van der Waals surface area contributed by atoms with E-state index < -0.39 is 10.0 Å². The van der Waals surface area contributed by atoms with Crippen LogP contribution in [0.15, 0.2) is 71.6 Å². The smallest absolute Gasteiger partial charge is 0.264 e. The molecule has 1 aliphatic heterocycles. The van der Waals surface area contributed by atoms with E-state index in [1.807, 2.05) is 42.5 Å². The van der Waals surface area contributed by atoms with Crippen LogP contribution in [0.1, 0.15) is 66.6 Å². The minimum Gasteiger partial charge on any atom is -0.321 e. The SMILES string of the molecule is CC(C)c1cccc(C(C)C)c1NC(=O)c1cccc(S(=O)(=O)N2CCc3ccccc32)c1. The minimum atomic E-state index is -3.77. The highest BCUT2D eigenvalue weighted by molar-refractivity contribution is 7.92. The van der Waals surface area contributed by atoms with Crippen molar-refractivity contribution < 1.29 is 13.2 Å². The average molecular weight is 463 g/mol. The summed E-state index contributed by atoms with van der Waals surface area (Å²) < 4.78 is 28.3. The van der Waals surface area contributed by atoms with Crippen molar-refractivity contribution >= 4 is 27.3 Å². The zero-order chi connectivity index (χ0) is 23.8. The third-order valence-electron chi connectivity index (χ3n) is 6.14. The number of fused-ring (bicyclic) bond motifs is 1. The lowest BCUT2D eigenvalue weighted by molar-refractivity contribution is 0.102. The number of nitrogens with one attached hydrogen (secondary N) is 1. The molecule has 0 saturated carbocycles. The van der Waals surface area contributed by atoms with E-state index in [2.05, 4.69) is 33.0 Å². The van der Waals surface area contributed by atoms with Gasteiger partial charge in [-0.1, -0.05) is 70.2 Å². The van der Waals surface area contributed by atoms with Gasteiger partial charge in [-0.25, -0.2) is 8.42 Å². The molecule has 3 aromatic carbocycles. The Morgan fingerprint density at radius 3 is 2.18 bits per heavy atom. The zero-order valence-electron chi connectivity index (χ0n) is 19.5. The highest BCUT2D eigenvalue weighted by atomic mass is 32.2. The van der Waals surface area contributed by atoms with Gasteiger partial charge >= 0.3 is 0 Å². The maximum atomic E-state index is 13.4. The molecule has 4 rings (SSSR count). The lowest BCUT2D eigenvalue weighted by atomic mass is 9.92. The predicted molar refractivity (Wildman–Crippen MR) is 134 cm³/mol. The van der Waals surface area contributed by atoms with Gasteiger partial charge in [-0.05, 0) is 59.2 Å². The Kier molecular flexibility index (Phi) is 6.30. The fraction of sp³-hybridized carbons (Fsp3) is 0.296. The van der Waals surface area contributed by atoms with E-state index in [9.17, 15) is 13.2 Å². The number of para-hydroxylation sites is 2. The van der Waals surface area contributed by atoms with Crippen LogP contribution in [0, 0.1) is 0 Å². The summed E-state index contributed by atoms with van der Waals surface area (Å²) in [5.41, 5.74) is 4.98. The van der Waals surface area contributed by atoms with Gasteiger partial charge in [-0.15, -0.1) is 0 Å². The Balaban J connectivity index is 1.67. The van der Waals surface area contributed by atoms with Crippen LogP contribution in [0.2, 0.25) is 0 Å². The molecular formula is C27H30N2O3S. The van der Waals surface area contributed by atoms with E-state index in [0.29, 0.717) is 24.2 Å². The second-order valence-corrected chi connectivity index (χ2v) is 10.9. The number of sulfonamides is 1. The molecule has 33 heavy (non-hydrogen) atoms. The minimum absolute atomic E-state index is 0.119. The molecule has 0 saturated heterocycles. The third kappa shape index (κ3) is 4.40. The van der Waals surface area contributed by atoms with Gasteiger partial charge in [0, 0.05) is 17.8 Å². The van der Waals surface area contributed by atoms with Gasteiger partial charge in [0.15, 0.2) is 0 Å². The van der Waals surface area contributed by atoms with Crippen LogP contribution in [-0.2, 0) is 16.4 Å². The monoisotopic (exact) mass is 462 g/mol. The van der Waals surface area contributed by atoms with E-state index in [0.717, 1.165) is 22.4 Å². The van der Waals surface area contributed by atoms with Crippen molar-refractivity contribution in [2.45, 2.75) is 50.8 Å². The summed E-state index contributed by atoms with van der Waals surface area (Å²) in [5, 5.41) is 3.07. The highest BCUT2D eigenvalue weighted by Crippen LogP contribution is 2.34. The van der Waals surface area contributed by atoms with E-state index >= 15 is 0 Å². The van der Waals surface area contributed by atoms with Crippen LogP contribution in [-0.4, -0.2) is 20.9 Å². The number of hydrogen-bond acceptors (Lipinski definition) is 3. The van der Waals surface area contributed by atoms with Crippen molar-refractivity contribution in [3.05, 3.63) is 89.0 Å². The summed E-state index contributed by atoms with van der Waals surface area (Å²) in [5.74, 6) is 0.158. The van der Waals surface area contributed by atoms with Crippen molar-refractivity contribution in [1.82, 2.24) is 0 Å². The second kappa shape index (κ2) is 9.02. The molecule has 0 aliphatic carbocycles. The van der Waals surface area contributed by atoms with Gasteiger partial charge in [-0.2, -0.15) is 0 Å². The molecule has 0 bridgehead atoms. The van der Waals surface area contributed by atoms with E-state index in [1.165, 1.54) is 10.4 Å². The van der Waals surface area contributed by atoms with Crippen LogP contribution in [0.4, 0.5) is 11.4 Å². The second-order valence-electron chi connectivity index (χ2n) is 9.06. The Morgan fingerprint density at radius 1 is 0.879 bits per heavy atom. The number of rotatable bonds is 6. The molecule has 0 radical (unpaired) electrons. The summed E-state index contributed by atoms with van der Waals surface area (Å²) in [6.07, 6.45) is 0.680. The number of amides is 1. The average Bonchev–Trinajstić information content (AvgIpc) is 3.24. The van der Waals surface area contributed by atoms with Crippen molar-refractivity contribution in [1.29, 1.82) is 0 Å². The molecule has 5 nitrogen and oxygen atoms in total. The van der Waals surface area contributed by atoms with Crippen molar-refractivity contribution in [2.24, 2.45) is 0 Å². The van der Waals surface area contributed by atoms with E-state index in [1.54, 1.807) is 18.2 Å². The topological polar surface area (TPSA) is 66.5 Å². The van der Waals surface area contributed by atoms with Gasteiger partial charge in [0.05, 0.1) is 10.6 Å². The molecule has 6 heteroatoms. The quantitative estimate of drug-likeness (QED) is 0.493. The molecule has 0 unspecified atom stereocenters. The molecule has 1 aliphatic rings. The molecule has 1 heterocycles. The third-order valence-corrected chi connectivity index (χ3v) is 7.95. The summed E-state index contributed by atoms with van der Waals surface area (Å²) in [6.45, 7) is 8.77. The van der Waals surface area contributed by atoms with Crippen molar-refractivity contribution in [2.75, 3.05) is 16.2 Å². The molecule has 3 aromatic rings. The Bertz CT molecular complexity index is 1270. The number of nitrogens with zero attached hydrogens (tertiary/aromatic N) is 1. The molecule has 0 spiro atoms. The van der Waals surface area contributed by atoms with Crippen LogP contribution >= 0.6 is 0 Å². The first-order valence-corrected chi connectivity index (χ1v) is 12.8. The summed E-state index contributed by atoms with van der Waals surface area (Å²) in [7, 11) is -3.77. The van der Waals surface area contributed by atoms with Crippen LogP contribution in [0.3, 0.4) is 0 Å². The van der Waals surface area contributed by atoms with Gasteiger partial charge in [0.1, 0.15) is 0 Å². The standard InChI is InChI=1S/C27H30N2O3S/c1-18(2)23-12-8-13-24(19(3)4)26(23)28-27(30)21-10-7-11-22(17-21)33(31,32)29-16-15-20-9-5-6-14-25(20)29/h5-14,17-19H,15-16H2,1-4H3,(H,28,30). The van der Waals surface area contributed by atoms with Gasteiger partial charge in [0.2, 0.25) is 0 Å². The Morgan fingerprint density at radius 2 is 1.52 bits per heavy atom. The molecule has 1 N–H and O–H groups in total. The normalized spacial score (nSPS) is 13.5. The fourth-order valence-corrected chi connectivity index (χ4v) is 5.91. The van der Waals surface area contributed by atoms with Gasteiger partial charge in [0.25, 0.3) is 15.9 Å². The Hall–Kier alpha value is -3.12. The molecule has 0 aromatic heterocycles. The molecular weight excluding hydrogens is 432 g/mol. The van der Waals surface area contributed by atoms with Crippen LogP contribution < -0.4 is 9.62 Å². The van der Waals surface area contributed by atoms with Crippen LogP contribution in [0.5, 0.6) is 0 Å². The maximum absolute atomic E-state index is 13.4. The summed E-state index contributed by atoms with van der Waals surface area (Å²) >= 11 is 0. The van der Waals surface area contributed by atoms with Gasteiger partial charge in [-0.3, -0.25) is 9.10 Å². The summed E-state index contributed by atoms with van der Waals surface area (Å²) in [4.78, 5) is 13.4. The maximum Gasteiger partial charge on any atom is 0.264 e. The lowest BCUT2D eigenvalue weighted by Gasteiger charge is -2.21. The van der Waals surface area contributed by atoms with Crippen LogP contribution in [0.25, 0.3) is 0 Å². The zero-order valence-corrected chi connectivity index (χ0v) is 20.3. The summed E-state index contributed by atoms with van der Waals surface area (Å²) in [6, 6.07) is 19.9. The van der Waals surface area contributed by atoms with Crippen molar-refractivity contribution in [3.8, 4) is 0 Å². The first kappa shape index (κ1) is 23.1. The molecule has 0 fully saturated rings. The Labute approximate surface area is 196 Å². The molecule has 1 amide bonds. The van der Waals surface area contributed by atoms with Crippen molar-refractivity contribution in [3.63, 3.8) is 0 Å². The molecule has 172 valence electrons. The largest absolute Gasteiger partial charge is 0.321 e. The number of anilines is 2. The first-order valence-electron chi connectivity index (χ1n) is 11.3. The number of carbonyl (C=O) groups excluding carboxylic acids is 1. The fourth-order valence-electron chi connectivity index (χ4n) is 4.36. The highest BCUT2D eigenvalue weighted by Gasteiger charge is 2.31. The number of carbonyl (C=O) groups is 1. The first-order chi connectivity index (χ1) is 15.7. The molecule has 0 atom stereocenters. The van der Waals surface area contributed by atoms with E-state index in [4.69, 9.17) is 0 Å². The lowest BCUT2D eigenvalue weighted by Crippen LogP contribution is -2.29. The van der Waals surface area contributed by atoms with E-state index in [-0.39, 0.29) is 22.6 Å². The van der Waals surface area contributed by atoms with Gasteiger partial charge < -0.3 is 5.32 Å². The number of hydrogen-bond donors (Lipinski definition) is 1.